The summed E-state index contributed by atoms with van der Waals surface area (Å²) in [6.07, 6.45) is 2.17. The van der Waals surface area contributed by atoms with Crippen LogP contribution in [0.2, 0.25) is 0 Å². The summed E-state index contributed by atoms with van der Waals surface area (Å²) >= 11 is 0. The van der Waals surface area contributed by atoms with Crippen LogP contribution in [0, 0.1) is 5.92 Å². The van der Waals surface area contributed by atoms with Crippen molar-refractivity contribution < 1.29 is 9.53 Å². The third kappa shape index (κ3) is 3.73. The number of hydrogen-bond donors (Lipinski definition) is 0. The predicted octanol–water partition coefficient (Wildman–Crippen LogP) is 1.44. The van der Waals surface area contributed by atoms with E-state index in [0.29, 0.717) is 11.9 Å². The summed E-state index contributed by atoms with van der Waals surface area (Å²) < 4.78 is 6.01. The van der Waals surface area contributed by atoms with Crippen LogP contribution in [0.1, 0.15) is 18.4 Å². The Labute approximate surface area is 150 Å². The summed E-state index contributed by atoms with van der Waals surface area (Å²) in [5.74, 6) is 0.560. The number of fused-ring (bicyclic) bond motifs is 1. The molecule has 4 rings (SSSR count). The molecular formula is C20H29N3O2. The van der Waals surface area contributed by atoms with Crippen molar-refractivity contribution in [3.63, 3.8) is 0 Å². The Hall–Kier alpha value is -1.43. The number of benzene rings is 1. The van der Waals surface area contributed by atoms with E-state index in [1.165, 1.54) is 5.56 Å². The molecule has 1 amide bonds. The third-order valence-corrected chi connectivity index (χ3v) is 6.02. The van der Waals surface area contributed by atoms with E-state index in [0.717, 1.165) is 58.7 Å². The zero-order valence-corrected chi connectivity index (χ0v) is 15.1. The summed E-state index contributed by atoms with van der Waals surface area (Å²) in [7, 11) is 2.14. The molecule has 0 saturated carbocycles. The number of likely N-dealkylation sites (tertiary alicyclic amines) is 2. The summed E-state index contributed by atoms with van der Waals surface area (Å²) in [5, 5.41) is 0. The molecule has 3 saturated heterocycles. The van der Waals surface area contributed by atoms with Crippen molar-refractivity contribution in [1.29, 1.82) is 0 Å². The van der Waals surface area contributed by atoms with Crippen LogP contribution in [-0.2, 0) is 16.1 Å². The van der Waals surface area contributed by atoms with Crippen molar-refractivity contribution in [3.8, 4) is 0 Å². The summed E-state index contributed by atoms with van der Waals surface area (Å²) in [6, 6.07) is 10.9. The van der Waals surface area contributed by atoms with Crippen LogP contribution in [-0.4, -0.2) is 79.1 Å². The minimum absolute atomic E-state index is 0.174. The van der Waals surface area contributed by atoms with E-state index < -0.39 is 0 Å². The predicted molar refractivity (Wildman–Crippen MR) is 97.2 cm³/mol. The number of nitrogens with zero attached hydrogens (tertiary/aromatic N) is 3. The highest BCUT2D eigenvalue weighted by Gasteiger charge is 2.43. The van der Waals surface area contributed by atoms with Crippen LogP contribution in [0.4, 0.5) is 0 Å². The Balaban J connectivity index is 1.39. The fourth-order valence-corrected chi connectivity index (χ4v) is 4.47. The molecule has 0 aromatic heterocycles. The van der Waals surface area contributed by atoms with Gasteiger partial charge < -0.3 is 14.5 Å². The highest BCUT2D eigenvalue weighted by Crippen LogP contribution is 2.27. The number of ether oxygens (including phenoxy) is 1. The van der Waals surface area contributed by atoms with Gasteiger partial charge in [-0.25, -0.2) is 0 Å². The van der Waals surface area contributed by atoms with Crippen molar-refractivity contribution in [1.82, 2.24) is 14.7 Å². The minimum Gasteiger partial charge on any atom is -0.373 e. The highest BCUT2D eigenvalue weighted by atomic mass is 16.5. The van der Waals surface area contributed by atoms with E-state index in [2.05, 4.69) is 52.1 Å². The molecule has 3 fully saturated rings. The monoisotopic (exact) mass is 343 g/mol. The van der Waals surface area contributed by atoms with Crippen molar-refractivity contribution in [2.45, 2.75) is 31.5 Å². The van der Waals surface area contributed by atoms with Gasteiger partial charge in [-0.3, -0.25) is 9.69 Å². The fraction of sp³-hybridized carbons (Fsp3) is 0.650. The Morgan fingerprint density at radius 3 is 2.64 bits per heavy atom. The molecule has 136 valence electrons. The summed E-state index contributed by atoms with van der Waals surface area (Å²) in [6.45, 7) is 6.32. The van der Waals surface area contributed by atoms with Gasteiger partial charge in [0.05, 0.1) is 18.8 Å². The minimum atomic E-state index is 0.174. The van der Waals surface area contributed by atoms with Gasteiger partial charge in [-0.1, -0.05) is 30.3 Å². The van der Waals surface area contributed by atoms with Crippen LogP contribution in [0.3, 0.4) is 0 Å². The van der Waals surface area contributed by atoms with Gasteiger partial charge in [-0.05, 0) is 38.5 Å². The van der Waals surface area contributed by atoms with Gasteiger partial charge in [-0.2, -0.15) is 0 Å². The van der Waals surface area contributed by atoms with E-state index in [1.807, 2.05) is 0 Å². The standard InChI is InChI=1S/C20H29N3O2/c1-21-9-7-17(8-10-21)20(24)23-14-18-19(15-23)25-12-11-22(18)13-16-5-3-2-4-6-16/h2-6,17-19H,7-15H2,1H3/t18-,19+/m0/s1. The maximum atomic E-state index is 12.9. The van der Waals surface area contributed by atoms with E-state index in [9.17, 15) is 4.79 Å². The molecule has 3 heterocycles. The van der Waals surface area contributed by atoms with Gasteiger partial charge in [0.15, 0.2) is 0 Å². The molecule has 5 nitrogen and oxygen atoms in total. The van der Waals surface area contributed by atoms with Gasteiger partial charge in [0.2, 0.25) is 5.91 Å². The quantitative estimate of drug-likeness (QED) is 0.832. The van der Waals surface area contributed by atoms with Gasteiger partial charge in [-0.15, -0.1) is 0 Å². The van der Waals surface area contributed by atoms with Crippen LogP contribution in [0.5, 0.6) is 0 Å². The first-order chi connectivity index (χ1) is 12.2. The lowest BCUT2D eigenvalue weighted by molar-refractivity contribution is -0.136. The van der Waals surface area contributed by atoms with E-state index in [1.54, 1.807) is 0 Å². The first-order valence-corrected chi connectivity index (χ1v) is 9.57. The lowest BCUT2D eigenvalue weighted by Gasteiger charge is -2.36. The average molecular weight is 343 g/mol. The summed E-state index contributed by atoms with van der Waals surface area (Å²) in [4.78, 5) is 19.8. The largest absolute Gasteiger partial charge is 0.373 e. The molecule has 0 aliphatic carbocycles. The second-order valence-corrected chi connectivity index (χ2v) is 7.75. The topological polar surface area (TPSA) is 36.0 Å². The van der Waals surface area contributed by atoms with E-state index in [-0.39, 0.29) is 12.0 Å². The lowest BCUT2D eigenvalue weighted by atomic mass is 9.96. The van der Waals surface area contributed by atoms with Gasteiger partial charge in [0.1, 0.15) is 0 Å². The first kappa shape index (κ1) is 17.0. The highest BCUT2D eigenvalue weighted by molar-refractivity contribution is 5.79. The van der Waals surface area contributed by atoms with Crippen molar-refractivity contribution in [2.24, 2.45) is 5.92 Å². The Bertz CT molecular complexity index is 586. The molecule has 1 aromatic carbocycles. The number of hydrogen-bond acceptors (Lipinski definition) is 4. The SMILES string of the molecule is CN1CCC(C(=O)N2C[C@H]3OCCN(Cc4ccccc4)[C@H]3C2)CC1. The Morgan fingerprint density at radius 1 is 1.12 bits per heavy atom. The molecule has 1 aromatic rings. The van der Waals surface area contributed by atoms with Gasteiger partial charge in [0.25, 0.3) is 0 Å². The Morgan fingerprint density at radius 2 is 1.88 bits per heavy atom. The van der Waals surface area contributed by atoms with E-state index >= 15 is 0 Å². The maximum absolute atomic E-state index is 12.9. The molecule has 5 heteroatoms. The summed E-state index contributed by atoms with van der Waals surface area (Å²) in [5.41, 5.74) is 1.34. The second-order valence-electron chi connectivity index (χ2n) is 7.75. The first-order valence-electron chi connectivity index (χ1n) is 9.57. The van der Waals surface area contributed by atoms with Crippen LogP contribution >= 0.6 is 0 Å². The molecule has 0 bridgehead atoms. The van der Waals surface area contributed by atoms with Gasteiger partial charge in [0, 0.05) is 32.1 Å². The Kier molecular flexibility index (Phi) is 5.06. The zero-order chi connectivity index (χ0) is 17.2. The zero-order valence-electron chi connectivity index (χ0n) is 15.1. The number of amides is 1. The maximum Gasteiger partial charge on any atom is 0.225 e. The van der Waals surface area contributed by atoms with Crippen LogP contribution in [0.15, 0.2) is 30.3 Å². The smallest absolute Gasteiger partial charge is 0.225 e. The van der Waals surface area contributed by atoms with Crippen LogP contribution in [0.25, 0.3) is 0 Å². The number of carbonyl (C=O) groups is 1. The lowest BCUT2D eigenvalue weighted by Crippen LogP contribution is -2.50. The molecule has 0 spiro atoms. The van der Waals surface area contributed by atoms with Gasteiger partial charge >= 0.3 is 0 Å². The number of morpholine rings is 1. The number of rotatable bonds is 3. The molecule has 0 unspecified atom stereocenters. The molecule has 0 N–H and O–H groups in total. The van der Waals surface area contributed by atoms with Crippen molar-refractivity contribution >= 4 is 5.91 Å². The van der Waals surface area contributed by atoms with E-state index in [4.69, 9.17) is 4.74 Å². The fourth-order valence-electron chi connectivity index (χ4n) is 4.47. The second kappa shape index (κ2) is 7.44. The molecular weight excluding hydrogens is 314 g/mol. The van der Waals surface area contributed by atoms with Crippen molar-refractivity contribution in [3.05, 3.63) is 35.9 Å². The third-order valence-electron chi connectivity index (χ3n) is 6.02. The molecule has 25 heavy (non-hydrogen) atoms. The number of carbonyl (C=O) groups excluding carboxylic acids is 1. The van der Waals surface area contributed by atoms with Crippen LogP contribution < -0.4 is 0 Å². The normalized spacial score (nSPS) is 28.9. The average Bonchev–Trinajstić information content (AvgIpc) is 3.08. The van der Waals surface area contributed by atoms with Crippen molar-refractivity contribution in [2.75, 3.05) is 46.4 Å². The molecule has 0 radical (unpaired) electrons. The molecule has 2 atom stereocenters. The number of piperidine rings is 1. The molecule has 3 aliphatic rings. The molecule has 3 aliphatic heterocycles.